The number of carbonyl (C=O) groups excluding carboxylic acids is 1. The Hall–Kier alpha value is -1.15. The van der Waals surface area contributed by atoms with E-state index < -0.39 is 15.8 Å². The summed E-state index contributed by atoms with van der Waals surface area (Å²) in [6.45, 7) is 3.82. The monoisotopic (exact) mass is 323 g/mol. The second kappa shape index (κ2) is 7.58. The third kappa shape index (κ3) is 4.45. The molecule has 0 aromatic carbocycles. The number of hydrogen-bond acceptors (Lipinski definition) is 6. The maximum absolute atomic E-state index is 11.7. The molecule has 0 atom stereocenters. The number of nitrogens with zero attached hydrogens (tertiary/aromatic N) is 3. The minimum Gasteiger partial charge on any atom is -0.461 e. The van der Waals surface area contributed by atoms with E-state index in [0.717, 1.165) is 0 Å². The molecule has 0 saturated carbocycles. The van der Waals surface area contributed by atoms with Gasteiger partial charge in [-0.15, -0.1) is 16.7 Å². The summed E-state index contributed by atoms with van der Waals surface area (Å²) >= 11 is 5.78. The summed E-state index contributed by atoms with van der Waals surface area (Å²) < 4.78 is 29.5. The maximum atomic E-state index is 11.7. The average Bonchev–Trinajstić information content (AvgIpc) is 2.79. The summed E-state index contributed by atoms with van der Waals surface area (Å²) in [6, 6.07) is 0. The number of carbonyl (C=O) groups is 1. The second-order valence-corrected chi connectivity index (χ2v) is 6.68. The summed E-state index contributed by atoms with van der Waals surface area (Å²) in [6.07, 6.45) is 0.566. The molecule has 0 radical (unpaired) electrons. The molecule has 1 rings (SSSR count). The Bertz CT molecular complexity index is 556. The first-order chi connectivity index (χ1) is 9.45. The van der Waals surface area contributed by atoms with Gasteiger partial charge in [-0.3, -0.25) is 0 Å². The molecule has 0 fully saturated rings. The highest BCUT2D eigenvalue weighted by molar-refractivity contribution is 7.91. The van der Waals surface area contributed by atoms with Crippen LogP contribution in [0.3, 0.4) is 0 Å². The zero-order chi connectivity index (χ0) is 15.2. The van der Waals surface area contributed by atoms with Crippen LogP contribution in [-0.4, -0.2) is 47.5 Å². The molecule has 0 aliphatic heterocycles. The van der Waals surface area contributed by atoms with E-state index in [9.17, 15) is 13.2 Å². The topological polar surface area (TPSA) is 91.1 Å². The van der Waals surface area contributed by atoms with Crippen LogP contribution >= 0.6 is 11.6 Å². The Morgan fingerprint density at radius 3 is 2.60 bits per heavy atom. The highest BCUT2D eigenvalue weighted by Crippen LogP contribution is 2.11. The second-order valence-electron chi connectivity index (χ2n) is 4.11. The van der Waals surface area contributed by atoms with Crippen molar-refractivity contribution >= 4 is 27.4 Å². The van der Waals surface area contributed by atoms with Crippen LogP contribution in [0.25, 0.3) is 0 Å². The minimum atomic E-state index is -3.12. The van der Waals surface area contributed by atoms with E-state index in [1.165, 1.54) is 4.68 Å². The van der Waals surface area contributed by atoms with Crippen molar-refractivity contribution in [3.05, 3.63) is 11.4 Å². The summed E-state index contributed by atoms with van der Waals surface area (Å²) in [5.41, 5.74) is 0.409. The van der Waals surface area contributed by atoms with Gasteiger partial charge in [-0.05, 0) is 13.3 Å². The molecule has 0 spiro atoms. The highest BCUT2D eigenvalue weighted by Gasteiger charge is 2.21. The standard InChI is InChI=1S/C11H18ClN3O4S/c1-3-6-20(17,18)7-5-15-9(8-12)10(13-14-15)11(16)19-4-2/h3-8H2,1-2H3. The Kier molecular flexibility index (Phi) is 6.41. The summed E-state index contributed by atoms with van der Waals surface area (Å²) in [5.74, 6) is -0.528. The molecule has 0 saturated heterocycles. The average molecular weight is 324 g/mol. The number of halogens is 1. The molecule has 20 heavy (non-hydrogen) atoms. The molecule has 0 unspecified atom stereocenters. The number of aromatic nitrogens is 3. The fourth-order valence-electron chi connectivity index (χ4n) is 1.64. The van der Waals surface area contributed by atoms with Crippen LogP contribution in [-0.2, 0) is 27.0 Å². The van der Waals surface area contributed by atoms with Crippen LogP contribution in [0, 0.1) is 0 Å². The van der Waals surface area contributed by atoms with Crippen molar-refractivity contribution in [3.8, 4) is 0 Å². The van der Waals surface area contributed by atoms with Gasteiger partial charge in [0.2, 0.25) is 0 Å². The van der Waals surface area contributed by atoms with Crippen LogP contribution < -0.4 is 0 Å². The SMILES string of the molecule is CCCS(=O)(=O)CCn1nnc(C(=O)OCC)c1CCl. The first kappa shape index (κ1) is 16.9. The Morgan fingerprint density at radius 1 is 1.35 bits per heavy atom. The molecule has 114 valence electrons. The molecule has 0 amide bonds. The fraction of sp³-hybridized carbons (Fsp3) is 0.727. The summed E-state index contributed by atoms with van der Waals surface area (Å²) in [4.78, 5) is 11.6. The fourth-order valence-corrected chi connectivity index (χ4v) is 3.18. The third-order valence-corrected chi connectivity index (χ3v) is 4.65. The van der Waals surface area contributed by atoms with Crippen molar-refractivity contribution in [2.75, 3.05) is 18.1 Å². The van der Waals surface area contributed by atoms with E-state index in [0.29, 0.717) is 12.1 Å². The molecule has 1 heterocycles. The lowest BCUT2D eigenvalue weighted by atomic mass is 10.3. The number of aryl methyl sites for hydroxylation is 1. The van der Waals surface area contributed by atoms with E-state index in [2.05, 4.69) is 10.3 Å². The smallest absolute Gasteiger partial charge is 0.360 e. The molecule has 0 aliphatic carbocycles. The molecular weight excluding hydrogens is 306 g/mol. The molecule has 0 bridgehead atoms. The molecule has 0 aliphatic rings. The number of ether oxygens (including phenoxy) is 1. The van der Waals surface area contributed by atoms with E-state index in [1.54, 1.807) is 13.8 Å². The first-order valence-electron chi connectivity index (χ1n) is 6.31. The largest absolute Gasteiger partial charge is 0.461 e. The van der Waals surface area contributed by atoms with E-state index in [1.807, 2.05) is 0 Å². The van der Waals surface area contributed by atoms with Gasteiger partial charge in [0, 0.05) is 5.75 Å². The lowest BCUT2D eigenvalue weighted by Crippen LogP contribution is -2.18. The number of hydrogen-bond donors (Lipinski definition) is 0. The molecule has 9 heteroatoms. The van der Waals surface area contributed by atoms with E-state index >= 15 is 0 Å². The van der Waals surface area contributed by atoms with Crippen molar-refractivity contribution < 1.29 is 17.9 Å². The lowest BCUT2D eigenvalue weighted by molar-refractivity contribution is 0.0518. The van der Waals surface area contributed by atoms with Gasteiger partial charge < -0.3 is 4.74 Å². The van der Waals surface area contributed by atoms with Crippen LogP contribution in [0.4, 0.5) is 0 Å². The van der Waals surface area contributed by atoms with Gasteiger partial charge in [0.05, 0.1) is 30.5 Å². The predicted octanol–water partition coefficient (Wildman–Crippen LogP) is 1.02. The Morgan fingerprint density at radius 2 is 2.05 bits per heavy atom. The van der Waals surface area contributed by atoms with Gasteiger partial charge >= 0.3 is 5.97 Å². The predicted molar refractivity (Wildman–Crippen MR) is 74.5 cm³/mol. The van der Waals surface area contributed by atoms with Crippen molar-refractivity contribution in [2.45, 2.75) is 32.7 Å². The van der Waals surface area contributed by atoms with Crippen molar-refractivity contribution in [2.24, 2.45) is 0 Å². The summed E-state index contributed by atoms with van der Waals surface area (Å²) in [7, 11) is -3.12. The molecule has 0 N–H and O–H groups in total. The quantitative estimate of drug-likeness (QED) is 0.524. The van der Waals surface area contributed by atoms with Crippen LogP contribution in [0.2, 0.25) is 0 Å². The maximum Gasteiger partial charge on any atom is 0.360 e. The van der Waals surface area contributed by atoms with Crippen LogP contribution in [0.1, 0.15) is 36.5 Å². The van der Waals surface area contributed by atoms with Gasteiger partial charge in [-0.1, -0.05) is 12.1 Å². The number of alkyl halides is 1. The first-order valence-corrected chi connectivity index (χ1v) is 8.66. The summed E-state index contributed by atoms with van der Waals surface area (Å²) in [5, 5.41) is 7.48. The lowest BCUT2D eigenvalue weighted by Gasteiger charge is -2.06. The van der Waals surface area contributed by atoms with E-state index in [4.69, 9.17) is 16.3 Å². The third-order valence-electron chi connectivity index (χ3n) is 2.56. The number of sulfone groups is 1. The van der Waals surface area contributed by atoms with E-state index in [-0.39, 0.29) is 36.2 Å². The molecule has 7 nitrogen and oxygen atoms in total. The number of esters is 1. The molecular formula is C11H18ClN3O4S. The van der Waals surface area contributed by atoms with Gasteiger partial charge in [-0.2, -0.15) is 0 Å². The van der Waals surface area contributed by atoms with Gasteiger partial charge in [0.25, 0.3) is 0 Å². The van der Waals surface area contributed by atoms with Crippen LogP contribution in [0.5, 0.6) is 0 Å². The normalized spacial score (nSPS) is 11.6. The minimum absolute atomic E-state index is 0.00890. The van der Waals surface area contributed by atoms with Gasteiger partial charge in [0.15, 0.2) is 15.5 Å². The zero-order valence-corrected chi connectivity index (χ0v) is 13.1. The molecule has 1 aromatic heterocycles. The number of rotatable bonds is 8. The van der Waals surface area contributed by atoms with Gasteiger partial charge in [-0.25, -0.2) is 17.9 Å². The zero-order valence-electron chi connectivity index (χ0n) is 11.5. The van der Waals surface area contributed by atoms with Crippen molar-refractivity contribution in [1.82, 2.24) is 15.0 Å². The Balaban J connectivity index is 2.84. The Labute approximate surface area is 123 Å². The van der Waals surface area contributed by atoms with Gasteiger partial charge in [0.1, 0.15) is 0 Å². The van der Waals surface area contributed by atoms with Crippen molar-refractivity contribution in [1.29, 1.82) is 0 Å². The molecule has 1 aromatic rings. The van der Waals surface area contributed by atoms with Crippen LogP contribution in [0.15, 0.2) is 0 Å². The van der Waals surface area contributed by atoms with Crippen molar-refractivity contribution in [3.63, 3.8) is 0 Å². The highest BCUT2D eigenvalue weighted by atomic mass is 35.5.